The molecule has 9 nitrogen and oxygen atoms in total. The molecule has 0 unspecified atom stereocenters. The number of anilines is 1. The molecule has 0 bridgehead atoms. The predicted molar refractivity (Wildman–Crippen MR) is 161 cm³/mol. The number of hydrogen-bond acceptors (Lipinski definition) is 7. The monoisotopic (exact) mass is 595 g/mol. The highest BCUT2D eigenvalue weighted by Gasteiger charge is 2.35. The van der Waals surface area contributed by atoms with Crippen molar-refractivity contribution in [2.24, 2.45) is 5.92 Å². The molecule has 42 heavy (non-hydrogen) atoms. The van der Waals surface area contributed by atoms with Crippen LogP contribution in [0, 0.1) is 17.8 Å². The van der Waals surface area contributed by atoms with Gasteiger partial charge in [-0.1, -0.05) is 37.3 Å². The molecule has 1 saturated carbocycles. The number of carbonyl (C=O) groups is 2. The fourth-order valence-electron chi connectivity index (χ4n) is 5.56. The molecule has 0 spiro atoms. The van der Waals surface area contributed by atoms with Gasteiger partial charge in [0.25, 0.3) is 0 Å². The summed E-state index contributed by atoms with van der Waals surface area (Å²) in [5.74, 6) is 5.91. The van der Waals surface area contributed by atoms with Crippen LogP contribution in [-0.2, 0) is 35.5 Å². The van der Waals surface area contributed by atoms with Crippen molar-refractivity contribution in [3.63, 3.8) is 0 Å². The van der Waals surface area contributed by atoms with Gasteiger partial charge in [-0.25, -0.2) is 13.1 Å². The molecule has 1 aliphatic heterocycles. The van der Waals surface area contributed by atoms with Gasteiger partial charge in [-0.05, 0) is 74.4 Å². The zero-order valence-electron chi connectivity index (χ0n) is 24.4. The van der Waals surface area contributed by atoms with E-state index in [0.717, 1.165) is 24.0 Å². The van der Waals surface area contributed by atoms with Crippen LogP contribution in [0.4, 0.5) is 5.69 Å². The molecule has 226 valence electrons. The lowest BCUT2D eigenvalue weighted by molar-refractivity contribution is -0.145. The number of carbonyl (C=O) groups excluding carboxylic acids is 2. The first-order valence-electron chi connectivity index (χ1n) is 14.7. The molecule has 2 aliphatic rings. The minimum atomic E-state index is -3.78. The normalized spacial score (nSPS) is 20.8. The molecule has 1 aliphatic carbocycles. The summed E-state index contributed by atoms with van der Waals surface area (Å²) >= 11 is 0. The number of esters is 1. The van der Waals surface area contributed by atoms with Gasteiger partial charge in [-0.15, -0.1) is 0 Å². The second kappa shape index (κ2) is 14.7. The number of hydrogen-bond donors (Lipinski definition) is 2. The standard InChI is InChI=1S/C32H41N3O6S/c1-3-4-28-22-41-20-19-35(28)32(37)26-12-15-27(16-13-26)34-42(38,39)29-17-14-25(30(33)21-29)11-9-23-5-7-24(8-6-23)10-18-31(36)40-2/h5-8,14,17,21,26-28,34H,3-4,10,12-13,15-16,18-20,22,33H2,1-2H3/t26?,27?,28-/m0/s1. The summed E-state index contributed by atoms with van der Waals surface area (Å²) < 4.78 is 39.4. The summed E-state index contributed by atoms with van der Waals surface area (Å²) in [7, 11) is -2.41. The largest absolute Gasteiger partial charge is 0.469 e. The van der Waals surface area contributed by atoms with Crippen LogP contribution in [0.3, 0.4) is 0 Å². The minimum Gasteiger partial charge on any atom is -0.469 e. The van der Waals surface area contributed by atoms with Gasteiger partial charge in [-0.3, -0.25) is 9.59 Å². The SMILES string of the molecule is CCC[C@H]1COCCN1C(=O)C1CCC(NS(=O)(=O)c2ccc(C#Cc3ccc(CCC(=O)OC)cc3)c(N)c2)CC1. The Kier molecular flexibility index (Phi) is 11.0. The number of sulfonamides is 1. The average molecular weight is 596 g/mol. The third kappa shape index (κ3) is 8.34. The van der Waals surface area contributed by atoms with Gasteiger partial charge in [-0.2, -0.15) is 0 Å². The van der Waals surface area contributed by atoms with E-state index < -0.39 is 10.0 Å². The molecule has 2 aromatic rings. The maximum atomic E-state index is 13.2. The third-order valence-electron chi connectivity index (χ3n) is 8.00. The Bertz CT molecular complexity index is 1400. The van der Waals surface area contributed by atoms with Crippen molar-refractivity contribution in [3.05, 3.63) is 59.2 Å². The highest BCUT2D eigenvalue weighted by Crippen LogP contribution is 2.29. The van der Waals surface area contributed by atoms with Crippen molar-refractivity contribution in [2.75, 3.05) is 32.6 Å². The summed E-state index contributed by atoms with van der Waals surface area (Å²) in [4.78, 5) is 26.6. The van der Waals surface area contributed by atoms with Gasteiger partial charge in [0.15, 0.2) is 0 Å². The van der Waals surface area contributed by atoms with Crippen LogP contribution >= 0.6 is 0 Å². The van der Waals surface area contributed by atoms with E-state index in [1.807, 2.05) is 29.2 Å². The van der Waals surface area contributed by atoms with E-state index in [9.17, 15) is 18.0 Å². The van der Waals surface area contributed by atoms with E-state index >= 15 is 0 Å². The molecular weight excluding hydrogens is 554 g/mol. The fraction of sp³-hybridized carbons (Fsp3) is 0.500. The number of nitrogen functional groups attached to an aromatic ring is 1. The molecule has 2 fully saturated rings. The number of nitrogens with one attached hydrogen (secondary N) is 1. The molecule has 3 N–H and O–H groups in total. The van der Waals surface area contributed by atoms with Crippen molar-refractivity contribution in [1.29, 1.82) is 0 Å². The van der Waals surface area contributed by atoms with E-state index in [1.165, 1.54) is 19.2 Å². The van der Waals surface area contributed by atoms with Gasteiger partial charge in [0, 0.05) is 41.7 Å². The Hall–Kier alpha value is -3.39. The van der Waals surface area contributed by atoms with Crippen molar-refractivity contribution in [2.45, 2.75) is 75.3 Å². The maximum Gasteiger partial charge on any atom is 0.305 e. The number of methoxy groups -OCH3 is 1. The summed E-state index contributed by atoms with van der Waals surface area (Å²) in [6, 6.07) is 12.0. The highest BCUT2D eigenvalue weighted by atomic mass is 32.2. The van der Waals surface area contributed by atoms with Gasteiger partial charge in [0.2, 0.25) is 15.9 Å². The van der Waals surface area contributed by atoms with Crippen molar-refractivity contribution >= 4 is 27.6 Å². The van der Waals surface area contributed by atoms with Crippen LogP contribution in [0.5, 0.6) is 0 Å². The highest BCUT2D eigenvalue weighted by molar-refractivity contribution is 7.89. The lowest BCUT2D eigenvalue weighted by Crippen LogP contribution is -2.51. The number of aryl methyl sites for hydroxylation is 1. The van der Waals surface area contributed by atoms with Crippen LogP contribution in [0.15, 0.2) is 47.4 Å². The number of nitrogens with two attached hydrogens (primary N) is 1. The second-order valence-electron chi connectivity index (χ2n) is 11.0. The minimum absolute atomic E-state index is 0.0761. The van der Waals surface area contributed by atoms with Crippen LogP contribution in [-0.4, -0.2) is 64.1 Å². The third-order valence-corrected chi connectivity index (χ3v) is 9.52. The summed E-state index contributed by atoms with van der Waals surface area (Å²) in [6.07, 6.45) is 5.37. The number of morpholine rings is 1. The average Bonchev–Trinajstić information content (AvgIpc) is 3.00. The maximum absolute atomic E-state index is 13.2. The Morgan fingerprint density at radius 3 is 2.50 bits per heavy atom. The molecule has 2 aromatic carbocycles. The Morgan fingerprint density at radius 2 is 1.83 bits per heavy atom. The predicted octanol–water partition coefficient (Wildman–Crippen LogP) is 3.64. The van der Waals surface area contributed by atoms with Gasteiger partial charge in [0.1, 0.15) is 0 Å². The van der Waals surface area contributed by atoms with Crippen LogP contribution in [0.2, 0.25) is 0 Å². The summed E-state index contributed by atoms with van der Waals surface area (Å²) in [5.41, 5.74) is 8.78. The number of amides is 1. The lowest BCUT2D eigenvalue weighted by atomic mass is 9.85. The molecular formula is C32H41N3O6S. The first kappa shape index (κ1) is 31.5. The first-order valence-corrected chi connectivity index (χ1v) is 16.2. The van der Waals surface area contributed by atoms with Crippen molar-refractivity contribution in [1.82, 2.24) is 9.62 Å². The molecule has 1 atom stereocenters. The number of nitrogens with zero attached hydrogens (tertiary/aromatic N) is 1. The topological polar surface area (TPSA) is 128 Å². The lowest BCUT2D eigenvalue weighted by Gasteiger charge is -2.39. The molecule has 0 aromatic heterocycles. The zero-order chi connectivity index (χ0) is 30.1. The second-order valence-corrected chi connectivity index (χ2v) is 12.7. The van der Waals surface area contributed by atoms with Crippen molar-refractivity contribution in [3.8, 4) is 11.8 Å². The number of ether oxygens (including phenoxy) is 2. The fourth-order valence-corrected chi connectivity index (χ4v) is 6.90. The smallest absolute Gasteiger partial charge is 0.305 e. The van der Waals surface area contributed by atoms with E-state index in [-0.39, 0.29) is 40.5 Å². The Morgan fingerprint density at radius 1 is 1.10 bits per heavy atom. The summed E-state index contributed by atoms with van der Waals surface area (Å²) in [6.45, 7) is 3.90. The molecule has 1 amide bonds. The van der Waals surface area contributed by atoms with Gasteiger partial charge < -0.3 is 20.1 Å². The zero-order valence-corrected chi connectivity index (χ0v) is 25.3. The van der Waals surface area contributed by atoms with E-state index in [0.29, 0.717) is 63.8 Å². The molecule has 1 saturated heterocycles. The van der Waals surface area contributed by atoms with Crippen LogP contribution in [0.1, 0.15) is 68.6 Å². The first-order chi connectivity index (χ1) is 20.2. The van der Waals surface area contributed by atoms with Crippen LogP contribution < -0.4 is 10.5 Å². The van der Waals surface area contributed by atoms with Crippen LogP contribution in [0.25, 0.3) is 0 Å². The van der Waals surface area contributed by atoms with Crippen molar-refractivity contribution < 1.29 is 27.5 Å². The van der Waals surface area contributed by atoms with E-state index in [4.69, 9.17) is 10.5 Å². The van der Waals surface area contributed by atoms with E-state index in [2.05, 4.69) is 28.2 Å². The Labute approximate surface area is 249 Å². The Balaban J connectivity index is 1.32. The quantitative estimate of drug-likeness (QED) is 0.257. The number of rotatable bonds is 9. The molecule has 4 rings (SSSR count). The van der Waals surface area contributed by atoms with Gasteiger partial charge >= 0.3 is 5.97 Å². The summed E-state index contributed by atoms with van der Waals surface area (Å²) in [5, 5.41) is 0. The van der Waals surface area contributed by atoms with E-state index in [1.54, 1.807) is 6.07 Å². The molecule has 10 heteroatoms. The molecule has 0 radical (unpaired) electrons. The molecule has 1 heterocycles. The number of benzene rings is 2. The van der Waals surface area contributed by atoms with Gasteiger partial charge in [0.05, 0.1) is 31.3 Å².